The fraction of sp³-hybridized carbons (Fsp3) is 0.0800. The molecule has 0 unspecified atom stereocenters. The SMILES string of the molecule is N#CCN(C(=O)CSc1nc2ccccc2c(=O)n1-c1ccc(C#N)cc1)c1ccccc1. The number of nitriles is 2. The molecule has 0 atom stereocenters. The zero-order valence-electron chi connectivity index (χ0n) is 17.4. The maximum Gasteiger partial charge on any atom is 0.266 e. The molecule has 0 aliphatic carbocycles. The van der Waals surface area contributed by atoms with Gasteiger partial charge in [-0.2, -0.15) is 10.5 Å². The molecule has 7 nitrogen and oxygen atoms in total. The van der Waals surface area contributed by atoms with Crippen LogP contribution in [0.4, 0.5) is 5.69 Å². The number of rotatable bonds is 6. The summed E-state index contributed by atoms with van der Waals surface area (Å²) in [7, 11) is 0. The van der Waals surface area contributed by atoms with E-state index < -0.39 is 0 Å². The Labute approximate surface area is 194 Å². The summed E-state index contributed by atoms with van der Waals surface area (Å²) in [6.45, 7) is -0.0863. The number of nitrogens with zero attached hydrogens (tertiary/aromatic N) is 5. The van der Waals surface area contributed by atoms with Gasteiger partial charge in [0.25, 0.3) is 5.56 Å². The van der Waals surface area contributed by atoms with Crippen LogP contribution in [0.15, 0.2) is 88.8 Å². The molecule has 4 rings (SSSR count). The van der Waals surface area contributed by atoms with Crippen LogP contribution in [-0.2, 0) is 4.79 Å². The van der Waals surface area contributed by atoms with E-state index in [1.807, 2.05) is 12.1 Å². The Kier molecular flexibility index (Phi) is 6.49. The van der Waals surface area contributed by atoms with Gasteiger partial charge in [0.2, 0.25) is 5.91 Å². The predicted octanol–water partition coefficient (Wildman–Crippen LogP) is 3.91. The van der Waals surface area contributed by atoms with Gasteiger partial charge < -0.3 is 0 Å². The van der Waals surface area contributed by atoms with Gasteiger partial charge >= 0.3 is 0 Å². The van der Waals surface area contributed by atoms with Crippen molar-refractivity contribution in [2.45, 2.75) is 5.16 Å². The summed E-state index contributed by atoms with van der Waals surface area (Å²) in [6.07, 6.45) is 0. The molecule has 0 saturated heterocycles. The van der Waals surface area contributed by atoms with Gasteiger partial charge in [0.15, 0.2) is 5.16 Å². The molecule has 1 aromatic heterocycles. The zero-order chi connectivity index (χ0) is 23.2. The van der Waals surface area contributed by atoms with Crippen molar-refractivity contribution in [3.05, 3.63) is 94.8 Å². The van der Waals surface area contributed by atoms with Crippen LogP contribution < -0.4 is 10.5 Å². The normalized spacial score (nSPS) is 10.4. The summed E-state index contributed by atoms with van der Waals surface area (Å²) in [5.74, 6) is -0.293. The molecule has 0 aliphatic heterocycles. The van der Waals surface area contributed by atoms with Gasteiger partial charge in [-0.3, -0.25) is 19.1 Å². The number of thioether (sulfide) groups is 1. The Bertz CT molecular complexity index is 1450. The lowest BCUT2D eigenvalue weighted by molar-refractivity contribution is -0.116. The molecule has 0 radical (unpaired) electrons. The van der Waals surface area contributed by atoms with Crippen LogP contribution in [0.3, 0.4) is 0 Å². The molecular weight excluding hydrogens is 434 g/mol. The molecule has 0 spiro atoms. The molecule has 0 saturated carbocycles. The van der Waals surface area contributed by atoms with Crippen molar-refractivity contribution in [1.29, 1.82) is 10.5 Å². The lowest BCUT2D eigenvalue weighted by Crippen LogP contribution is -2.33. The average molecular weight is 452 g/mol. The van der Waals surface area contributed by atoms with Gasteiger partial charge in [0.05, 0.1) is 40.0 Å². The van der Waals surface area contributed by atoms with E-state index in [2.05, 4.69) is 11.1 Å². The van der Waals surface area contributed by atoms with E-state index in [1.165, 1.54) is 9.47 Å². The fourth-order valence-corrected chi connectivity index (χ4v) is 4.22. The monoisotopic (exact) mass is 451 g/mol. The van der Waals surface area contributed by atoms with Crippen molar-refractivity contribution in [2.75, 3.05) is 17.2 Å². The number of anilines is 1. The Morgan fingerprint density at radius 2 is 1.67 bits per heavy atom. The smallest absolute Gasteiger partial charge is 0.266 e. The third kappa shape index (κ3) is 4.62. The highest BCUT2D eigenvalue weighted by molar-refractivity contribution is 7.99. The third-order valence-electron chi connectivity index (χ3n) is 4.92. The van der Waals surface area contributed by atoms with E-state index in [1.54, 1.807) is 72.8 Å². The maximum atomic E-state index is 13.3. The average Bonchev–Trinajstić information content (AvgIpc) is 2.86. The first-order chi connectivity index (χ1) is 16.1. The molecule has 33 heavy (non-hydrogen) atoms. The Hall–Kier alpha value is -4.40. The summed E-state index contributed by atoms with van der Waals surface area (Å²) >= 11 is 1.12. The second-order valence-corrected chi connectivity index (χ2v) is 7.92. The standard InChI is InChI=1S/C25H17N5O2S/c26-14-15-29(19-6-2-1-3-7-19)23(31)17-33-25-28-22-9-5-4-8-21(22)24(32)30(25)20-12-10-18(16-27)11-13-20/h1-13H,15,17H2. The van der Waals surface area contributed by atoms with E-state index in [0.717, 1.165) is 11.8 Å². The number of amides is 1. The van der Waals surface area contributed by atoms with Crippen LogP contribution >= 0.6 is 11.8 Å². The first-order valence-electron chi connectivity index (χ1n) is 10.00. The molecular formula is C25H17N5O2S. The maximum absolute atomic E-state index is 13.3. The molecule has 8 heteroatoms. The molecule has 0 aliphatic rings. The number of fused-ring (bicyclic) bond motifs is 1. The van der Waals surface area contributed by atoms with Gasteiger partial charge in [0, 0.05) is 5.69 Å². The number of aromatic nitrogens is 2. The van der Waals surface area contributed by atoms with Gasteiger partial charge in [-0.05, 0) is 48.5 Å². The van der Waals surface area contributed by atoms with Gasteiger partial charge in [0.1, 0.15) is 6.54 Å². The second kappa shape index (κ2) is 9.82. The van der Waals surface area contributed by atoms with Crippen molar-refractivity contribution in [2.24, 2.45) is 0 Å². The lowest BCUT2D eigenvalue weighted by atomic mass is 10.2. The van der Waals surface area contributed by atoms with E-state index in [4.69, 9.17) is 5.26 Å². The summed E-state index contributed by atoms with van der Waals surface area (Å²) in [6, 6.07) is 26.7. The Balaban J connectivity index is 1.72. The molecule has 160 valence electrons. The summed E-state index contributed by atoms with van der Waals surface area (Å²) in [5.41, 5.74) is 1.90. The summed E-state index contributed by atoms with van der Waals surface area (Å²) in [5, 5.41) is 19.1. The topological polar surface area (TPSA) is 103 Å². The minimum atomic E-state index is -0.276. The highest BCUT2D eigenvalue weighted by Gasteiger charge is 2.19. The number of carbonyl (C=O) groups is 1. The highest BCUT2D eigenvalue weighted by atomic mass is 32.2. The lowest BCUT2D eigenvalue weighted by Gasteiger charge is -2.20. The van der Waals surface area contributed by atoms with Crippen LogP contribution in [0.1, 0.15) is 5.56 Å². The first-order valence-corrected chi connectivity index (χ1v) is 11.0. The van der Waals surface area contributed by atoms with Crippen molar-refractivity contribution in [3.63, 3.8) is 0 Å². The van der Waals surface area contributed by atoms with E-state index in [-0.39, 0.29) is 23.8 Å². The fourth-order valence-electron chi connectivity index (χ4n) is 3.33. The third-order valence-corrected chi connectivity index (χ3v) is 5.85. The van der Waals surface area contributed by atoms with Gasteiger partial charge in [-0.1, -0.05) is 42.1 Å². The van der Waals surface area contributed by atoms with Crippen LogP contribution in [0.5, 0.6) is 0 Å². The van der Waals surface area contributed by atoms with Gasteiger partial charge in [-0.15, -0.1) is 0 Å². The second-order valence-electron chi connectivity index (χ2n) is 6.97. The van der Waals surface area contributed by atoms with Crippen LogP contribution in [0, 0.1) is 22.7 Å². The van der Waals surface area contributed by atoms with E-state index in [9.17, 15) is 14.9 Å². The van der Waals surface area contributed by atoms with Crippen LogP contribution in [-0.4, -0.2) is 27.8 Å². The van der Waals surface area contributed by atoms with Crippen molar-refractivity contribution in [3.8, 4) is 17.8 Å². The molecule has 1 heterocycles. The van der Waals surface area contributed by atoms with E-state index in [0.29, 0.717) is 33.0 Å². The molecule has 0 N–H and O–H groups in total. The quantitative estimate of drug-likeness (QED) is 0.250. The predicted molar refractivity (Wildman–Crippen MR) is 127 cm³/mol. The largest absolute Gasteiger partial charge is 0.298 e. The number of carbonyl (C=O) groups excluding carboxylic acids is 1. The number of para-hydroxylation sites is 2. The van der Waals surface area contributed by atoms with Crippen molar-refractivity contribution >= 4 is 34.3 Å². The first kappa shape index (κ1) is 21.8. The van der Waals surface area contributed by atoms with Crippen molar-refractivity contribution in [1.82, 2.24) is 9.55 Å². The summed E-state index contributed by atoms with van der Waals surface area (Å²) in [4.78, 5) is 32.3. The minimum absolute atomic E-state index is 0.0162. The van der Waals surface area contributed by atoms with Crippen LogP contribution in [0.25, 0.3) is 16.6 Å². The zero-order valence-corrected chi connectivity index (χ0v) is 18.2. The van der Waals surface area contributed by atoms with E-state index >= 15 is 0 Å². The Morgan fingerprint density at radius 3 is 2.36 bits per heavy atom. The molecule has 0 bridgehead atoms. The minimum Gasteiger partial charge on any atom is -0.298 e. The van der Waals surface area contributed by atoms with Gasteiger partial charge in [-0.25, -0.2) is 4.98 Å². The number of hydrogen-bond donors (Lipinski definition) is 0. The highest BCUT2D eigenvalue weighted by Crippen LogP contribution is 2.23. The molecule has 1 amide bonds. The summed E-state index contributed by atoms with van der Waals surface area (Å²) < 4.78 is 1.44. The number of hydrogen-bond acceptors (Lipinski definition) is 6. The number of benzene rings is 3. The molecule has 3 aromatic carbocycles. The molecule has 0 fully saturated rings. The van der Waals surface area contributed by atoms with Crippen molar-refractivity contribution < 1.29 is 4.79 Å². The molecule has 4 aromatic rings. The van der Waals surface area contributed by atoms with Crippen LogP contribution in [0.2, 0.25) is 0 Å². The Morgan fingerprint density at radius 1 is 0.970 bits per heavy atom.